The molecule has 0 saturated carbocycles. The minimum atomic E-state index is -0.103. The van der Waals surface area contributed by atoms with E-state index in [-0.39, 0.29) is 8.84 Å². The molecule has 3 nitrogen and oxygen atoms in total. The van der Waals surface area contributed by atoms with Crippen molar-refractivity contribution in [2.75, 3.05) is 0 Å². The molecule has 0 fully saturated rings. The van der Waals surface area contributed by atoms with Crippen LogP contribution in [0.2, 0.25) is 0 Å². The second kappa shape index (κ2) is 4.96. The van der Waals surface area contributed by atoms with E-state index in [1.807, 2.05) is 18.3 Å². The molecule has 0 amide bonds. The van der Waals surface area contributed by atoms with Crippen molar-refractivity contribution in [3.05, 3.63) is 35.2 Å². The Labute approximate surface area is 133 Å². The van der Waals surface area contributed by atoms with Gasteiger partial charge in [0.1, 0.15) is 11.6 Å². The molecular formula is C16H18IN3. The molecule has 0 saturated heterocycles. The molecule has 2 rings (SSSR count). The molecule has 1 heterocycles. The molecule has 0 aliphatic rings. The Morgan fingerprint density at radius 1 is 1.15 bits per heavy atom. The monoisotopic (exact) mass is 379 g/mol. The molecule has 0 aliphatic heterocycles. The number of alkyl halides is 1. The number of halogens is 1. The van der Waals surface area contributed by atoms with Gasteiger partial charge in [0.2, 0.25) is 0 Å². The van der Waals surface area contributed by atoms with Crippen LogP contribution in [0.25, 0.3) is 11.0 Å². The molecular weight excluding hydrogens is 361 g/mol. The van der Waals surface area contributed by atoms with E-state index in [0.717, 1.165) is 16.8 Å². The lowest BCUT2D eigenvalue weighted by Crippen LogP contribution is -2.13. The van der Waals surface area contributed by atoms with Crippen molar-refractivity contribution in [3.63, 3.8) is 0 Å². The van der Waals surface area contributed by atoms with E-state index in [2.05, 4.69) is 73.2 Å². The lowest BCUT2D eigenvalue weighted by molar-refractivity contribution is 0.590. The molecule has 2 aromatic rings. The minimum Gasteiger partial charge on any atom is -0.253 e. The van der Waals surface area contributed by atoms with Crippen LogP contribution >= 0.6 is 22.6 Å². The Morgan fingerprint density at radius 2 is 1.80 bits per heavy atom. The molecule has 0 N–H and O–H groups in total. The van der Waals surface area contributed by atoms with E-state index in [9.17, 15) is 5.26 Å². The number of rotatable bonds is 1. The second-order valence-corrected chi connectivity index (χ2v) is 9.18. The van der Waals surface area contributed by atoms with Crippen LogP contribution < -0.4 is 0 Å². The number of fused-ring (bicyclic) bond motifs is 1. The van der Waals surface area contributed by atoms with E-state index in [4.69, 9.17) is 0 Å². The van der Waals surface area contributed by atoms with Gasteiger partial charge in [0.15, 0.2) is 0 Å². The van der Waals surface area contributed by atoms with Crippen LogP contribution in [0.5, 0.6) is 0 Å². The van der Waals surface area contributed by atoms with E-state index in [0.29, 0.717) is 11.1 Å². The third-order valence-corrected chi connectivity index (χ3v) is 3.80. The number of benzene rings is 1. The quantitative estimate of drug-likeness (QED) is 0.543. The zero-order valence-electron chi connectivity index (χ0n) is 12.5. The maximum atomic E-state index is 9.40. The highest BCUT2D eigenvalue weighted by molar-refractivity contribution is 14.1. The van der Waals surface area contributed by atoms with Gasteiger partial charge in [-0.25, -0.2) is 4.98 Å². The molecule has 104 valence electrons. The molecule has 0 spiro atoms. The summed E-state index contributed by atoms with van der Waals surface area (Å²) in [4.78, 5) is 9.16. The zero-order chi connectivity index (χ0) is 15.1. The van der Waals surface area contributed by atoms with Crippen LogP contribution in [0.1, 0.15) is 51.4 Å². The van der Waals surface area contributed by atoms with Gasteiger partial charge in [-0.2, -0.15) is 5.26 Å². The standard InChI is InChI=1S/C16H18IN3/c1-15(2,3)11-6-10(8-18)14-12(7-11)19-9-13(20-14)16(4,5)17/h6-7,9H,1-5H3. The molecule has 20 heavy (non-hydrogen) atoms. The molecule has 0 aliphatic carbocycles. The van der Waals surface area contributed by atoms with Crippen LogP contribution in [0, 0.1) is 11.3 Å². The number of hydrogen-bond donors (Lipinski definition) is 0. The molecule has 0 bridgehead atoms. The summed E-state index contributed by atoms with van der Waals surface area (Å²) in [6.07, 6.45) is 1.81. The predicted octanol–water partition coefficient (Wildman–Crippen LogP) is 4.47. The maximum absolute atomic E-state index is 9.40. The van der Waals surface area contributed by atoms with Crippen molar-refractivity contribution in [3.8, 4) is 6.07 Å². The first-order valence-corrected chi connectivity index (χ1v) is 7.61. The largest absolute Gasteiger partial charge is 0.253 e. The molecule has 0 radical (unpaired) electrons. The van der Waals surface area contributed by atoms with E-state index < -0.39 is 0 Å². The second-order valence-electron chi connectivity index (χ2n) is 6.48. The van der Waals surface area contributed by atoms with Gasteiger partial charge < -0.3 is 0 Å². The average Bonchev–Trinajstić information content (AvgIpc) is 2.34. The van der Waals surface area contributed by atoms with Crippen molar-refractivity contribution in [2.45, 2.75) is 43.5 Å². The van der Waals surface area contributed by atoms with Gasteiger partial charge >= 0.3 is 0 Å². The topological polar surface area (TPSA) is 49.6 Å². The van der Waals surface area contributed by atoms with Crippen LogP contribution in [0.4, 0.5) is 0 Å². The fourth-order valence-corrected chi connectivity index (χ4v) is 2.18. The summed E-state index contributed by atoms with van der Waals surface area (Å²) in [5.41, 5.74) is 4.08. The Morgan fingerprint density at radius 3 is 2.30 bits per heavy atom. The summed E-state index contributed by atoms with van der Waals surface area (Å²) in [5, 5.41) is 9.40. The van der Waals surface area contributed by atoms with Gasteiger partial charge in [-0.15, -0.1) is 0 Å². The third-order valence-electron chi connectivity index (χ3n) is 3.24. The summed E-state index contributed by atoms with van der Waals surface area (Å²) < 4.78 is -0.103. The first-order valence-electron chi connectivity index (χ1n) is 6.53. The fourth-order valence-electron chi connectivity index (χ4n) is 1.92. The van der Waals surface area contributed by atoms with Gasteiger partial charge in [-0.3, -0.25) is 4.98 Å². The van der Waals surface area contributed by atoms with Gasteiger partial charge in [0, 0.05) is 0 Å². The SMILES string of the molecule is CC(C)(C)c1cc(C#N)c2nc(C(C)(C)I)cnc2c1. The molecule has 1 aromatic carbocycles. The summed E-state index contributed by atoms with van der Waals surface area (Å²) >= 11 is 2.33. The summed E-state index contributed by atoms with van der Waals surface area (Å²) in [5.74, 6) is 0. The number of nitrogens with zero attached hydrogens (tertiary/aromatic N) is 3. The van der Waals surface area contributed by atoms with Gasteiger partial charge in [-0.1, -0.05) is 43.4 Å². The Bertz CT molecular complexity index is 700. The maximum Gasteiger partial charge on any atom is 0.107 e. The number of hydrogen-bond acceptors (Lipinski definition) is 3. The smallest absolute Gasteiger partial charge is 0.107 e. The zero-order valence-corrected chi connectivity index (χ0v) is 14.6. The van der Waals surface area contributed by atoms with Crippen molar-refractivity contribution < 1.29 is 0 Å². The number of aromatic nitrogens is 2. The lowest BCUT2D eigenvalue weighted by Gasteiger charge is -2.20. The van der Waals surface area contributed by atoms with Crippen LogP contribution in [0.3, 0.4) is 0 Å². The fraction of sp³-hybridized carbons (Fsp3) is 0.438. The highest BCUT2D eigenvalue weighted by Crippen LogP contribution is 2.31. The van der Waals surface area contributed by atoms with E-state index in [1.165, 1.54) is 0 Å². The molecule has 0 unspecified atom stereocenters. The average molecular weight is 379 g/mol. The minimum absolute atomic E-state index is 0.0112. The van der Waals surface area contributed by atoms with Gasteiger partial charge in [0.05, 0.1) is 26.4 Å². The number of nitriles is 1. The molecule has 4 heteroatoms. The van der Waals surface area contributed by atoms with Crippen molar-refractivity contribution in [1.29, 1.82) is 5.26 Å². The van der Waals surface area contributed by atoms with Gasteiger partial charge in [0.25, 0.3) is 0 Å². The van der Waals surface area contributed by atoms with E-state index in [1.54, 1.807) is 0 Å². The van der Waals surface area contributed by atoms with Crippen molar-refractivity contribution in [1.82, 2.24) is 9.97 Å². The highest BCUT2D eigenvalue weighted by atomic mass is 127. The van der Waals surface area contributed by atoms with Crippen molar-refractivity contribution >= 4 is 33.6 Å². The first-order chi connectivity index (χ1) is 9.13. The highest BCUT2D eigenvalue weighted by Gasteiger charge is 2.21. The summed E-state index contributed by atoms with van der Waals surface area (Å²) in [6.45, 7) is 10.6. The predicted molar refractivity (Wildman–Crippen MR) is 90.0 cm³/mol. The normalized spacial score (nSPS) is 12.4. The van der Waals surface area contributed by atoms with E-state index >= 15 is 0 Å². The van der Waals surface area contributed by atoms with Crippen LogP contribution in [0.15, 0.2) is 18.3 Å². The van der Waals surface area contributed by atoms with Crippen LogP contribution in [-0.4, -0.2) is 9.97 Å². The van der Waals surface area contributed by atoms with Gasteiger partial charge in [-0.05, 0) is 37.0 Å². The Kier molecular flexibility index (Phi) is 3.76. The molecule has 1 aromatic heterocycles. The lowest BCUT2D eigenvalue weighted by atomic mass is 9.86. The Hall–Kier alpha value is -1.22. The first kappa shape index (κ1) is 15.2. The van der Waals surface area contributed by atoms with Crippen LogP contribution in [-0.2, 0) is 8.84 Å². The van der Waals surface area contributed by atoms with Crippen molar-refractivity contribution in [2.24, 2.45) is 0 Å². The summed E-state index contributed by atoms with van der Waals surface area (Å²) in [7, 11) is 0. The molecule has 0 atom stereocenters. The Balaban J connectivity index is 2.76. The third kappa shape index (κ3) is 2.93. The summed E-state index contributed by atoms with van der Waals surface area (Å²) in [6, 6.07) is 6.22.